The van der Waals surface area contributed by atoms with Crippen molar-refractivity contribution in [3.05, 3.63) is 101 Å². The molecule has 7 heteroatoms. The van der Waals surface area contributed by atoms with E-state index >= 15 is 0 Å². The summed E-state index contributed by atoms with van der Waals surface area (Å²) in [6.45, 7) is 0.0650. The van der Waals surface area contributed by atoms with Crippen molar-refractivity contribution >= 4 is 22.7 Å². The highest BCUT2D eigenvalue weighted by atomic mass is 19.1. The molecular formula is C27H24FN3O3. The van der Waals surface area contributed by atoms with Crippen LogP contribution in [0.5, 0.6) is 5.75 Å². The molecule has 5 rings (SSSR count). The molecule has 0 bridgehead atoms. The summed E-state index contributed by atoms with van der Waals surface area (Å²) in [6.07, 6.45) is 0. The molecule has 6 nitrogen and oxygen atoms in total. The lowest BCUT2D eigenvalue weighted by molar-refractivity contribution is -0.122. The van der Waals surface area contributed by atoms with Gasteiger partial charge in [0.25, 0.3) is 5.91 Å². The van der Waals surface area contributed by atoms with E-state index in [1.165, 1.54) is 12.1 Å². The maximum Gasteiger partial charge on any atom is 0.272 e. The SMILES string of the molecule is COc1ccc(C2c3c(n(C)c4ccccc34)C(=O)N2CC(=O)NCc2cccc(F)c2)cc1. The van der Waals surface area contributed by atoms with Gasteiger partial charge in [-0.1, -0.05) is 42.5 Å². The number of nitrogens with one attached hydrogen (secondary N) is 1. The normalized spacial score (nSPS) is 15.0. The van der Waals surface area contributed by atoms with Gasteiger partial charge in [0.05, 0.1) is 13.2 Å². The fourth-order valence-electron chi connectivity index (χ4n) is 4.72. The van der Waals surface area contributed by atoms with Crippen LogP contribution < -0.4 is 10.1 Å². The lowest BCUT2D eigenvalue weighted by Crippen LogP contribution is -2.39. The number of aryl methyl sites for hydroxylation is 1. The number of aromatic nitrogens is 1. The molecule has 1 aliphatic heterocycles. The summed E-state index contributed by atoms with van der Waals surface area (Å²) in [5, 5.41) is 3.79. The Labute approximate surface area is 196 Å². The van der Waals surface area contributed by atoms with Crippen LogP contribution in [0.3, 0.4) is 0 Å². The van der Waals surface area contributed by atoms with Gasteiger partial charge in [0.1, 0.15) is 23.8 Å². The topological polar surface area (TPSA) is 63.6 Å². The van der Waals surface area contributed by atoms with Crippen LogP contribution in [-0.2, 0) is 18.4 Å². The molecule has 0 aliphatic carbocycles. The number of carbonyl (C=O) groups is 2. The predicted octanol–water partition coefficient (Wildman–Crippen LogP) is 4.19. The molecule has 3 aromatic carbocycles. The summed E-state index contributed by atoms with van der Waals surface area (Å²) in [4.78, 5) is 28.1. The number of amides is 2. The fraction of sp³-hybridized carbons (Fsp3) is 0.185. The Hall–Kier alpha value is -4.13. The van der Waals surface area contributed by atoms with Crippen molar-refractivity contribution in [1.82, 2.24) is 14.8 Å². The lowest BCUT2D eigenvalue weighted by atomic mass is 9.98. The number of methoxy groups -OCH3 is 1. The van der Waals surface area contributed by atoms with Crippen LogP contribution in [0, 0.1) is 5.82 Å². The summed E-state index contributed by atoms with van der Waals surface area (Å²) in [7, 11) is 3.48. The standard InChI is InChI=1S/C27H24FN3O3/c1-30-22-9-4-3-8-21(22)24-25(18-10-12-20(34-2)13-11-18)31(27(33)26(24)30)16-23(32)29-15-17-6-5-7-19(28)14-17/h3-14,25H,15-16H2,1-2H3,(H,29,32). The number of fused-ring (bicyclic) bond motifs is 3. The Balaban J connectivity index is 1.49. The third-order valence-electron chi connectivity index (χ3n) is 6.32. The van der Waals surface area contributed by atoms with Crippen LogP contribution in [0.1, 0.15) is 33.2 Å². The Morgan fingerprint density at radius 3 is 2.56 bits per heavy atom. The Morgan fingerprint density at radius 1 is 1.06 bits per heavy atom. The van der Waals surface area contributed by atoms with Gasteiger partial charge in [-0.15, -0.1) is 0 Å². The van der Waals surface area contributed by atoms with Crippen molar-refractivity contribution in [2.45, 2.75) is 12.6 Å². The van der Waals surface area contributed by atoms with Crippen LogP contribution in [0.2, 0.25) is 0 Å². The van der Waals surface area contributed by atoms with E-state index in [1.54, 1.807) is 24.1 Å². The second-order valence-corrected chi connectivity index (χ2v) is 8.35. The lowest BCUT2D eigenvalue weighted by Gasteiger charge is -2.26. The van der Waals surface area contributed by atoms with Gasteiger partial charge in [-0.05, 0) is 41.5 Å². The first kappa shape index (κ1) is 21.7. The molecule has 0 spiro atoms. The molecule has 0 saturated carbocycles. The maximum atomic E-state index is 13.6. The van der Waals surface area contributed by atoms with Gasteiger partial charge in [0.2, 0.25) is 5.91 Å². The van der Waals surface area contributed by atoms with Gasteiger partial charge < -0.3 is 19.5 Å². The first-order chi connectivity index (χ1) is 16.5. The van der Waals surface area contributed by atoms with Gasteiger partial charge in [-0.2, -0.15) is 0 Å². The van der Waals surface area contributed by atoms with Crippen molar-refractivity contribution in [2.75, 3.05) is 13.7 Å². The number of nitrogens with zero attached hydrogens (tertiary/aromatic N) is 2. The second kappa shape index (κ2) is 8.67. The van der Waals surface area contributed by atoms with E-state index in [0.717, 1.165) is 22.0 Å². The van der Waals surface area contributed by atoms with Crippen LogP contribution in [0.4, 0.5) is 4.39 Å². The smallest absolute Gasteiger partial charge is 0.272 e. The van der Waals surface area contributed by atoms with E-state index < -0.39 is 6.04 Å². The van der Waals surface area contributed by atoms with Crippen molar-refractivity contribution in [2.24, 2.45) is 7.05 Å². The molecule has 2 amide bonds. The van der Waals surface area contributed by atoms with Crippen LogP contribution in [0.15, 0.2) is 72.8 Å². The predicted molar refractivity (Wildman–Crippen MR) is 127 cm³/mol. The Morgan fingerprint density at radius 2 is 1.82 bits per heavy atom. The van der Waals surface area contributed by atoms with Gasteiger partial charge >= 0.3 is 0 Å². The van der Waals surface area contributed by atoms with E-state index in [-0.39, 0.29) is 30.7 Å². The monoisotopic (exact) mass is 457 g/mol. The highest BCUT2D eigenvalue weighted by Gasteiger charge is 2.42. The highest BCUT2D eigenvalue weighted by Crippen LogP contribution is 2.43. The zero-order chi connectivity index (χ0) is 23.8. The van der Waals surface area contributed by atoms with E-state index in [4.69, 9.17) is 4.74 Å². The number of carbonyl (C=O) groups excluding carboxylic acids is 2. The molecule has 1 unspecified atom stereocenters. The molecule has 0 fully saturated rings. The first-order valence-electron chi connectivity index (χ1n) is 11.0. The maximum absolute atomic E-state index is 13.6. The molecule has 2 heterocycles. The zero-order valence-corrected chi connectivity index (χ0v) is 18.9. The van der Waals surface area contributed by atoms with Gasteiger partial charge in [0, 0.05) is 30.1 Å². The minimum absolute atomic E-state index is 0.117. The molecule has 1 N–H and O–H groups in total. The number of ether oxygens (including phenoxy) is 1. The van der Waals surface area contributed by atoms with E-state index in [2.05, 4.69) is 5.32 Å². The highest BCUT2D eigenvalue weighted by molar-refractivity contribution is 6.07. The molecule has 0 saturated heterocycles. The number of halogens is 1. The molecule has 34 heavy (non-hydrogen) atoms. The van der Waals surface area contributed by atoms with Gasteiger partial charge in [-0.3, -0.25) is 9.59 Å². The van der Waals surface area contributed by atoms with Crippen LogP contribution in [-0.4, -0.2) is 34.9 Å². The van der Waals surface area contributed by atoms with E-state index in [9.17, 15) is 14.0 Å². The van der Waals surface area contributed by atoms with Gasteiger partial charge in [0.15, 0.2) is 0 Å². The summed E-state index contributed by atoms with van der Waals surface area (Å²) >= 11 is 0. The Bertz CT molecular complexity index is 1390. The average Bonchev–Trinajstić information content (AvgIpc) is 3.30. The number of para-hydroxylation sites is 1. The summed E-state index contributed by atoms with van der Waals surface area (Å²) in [6, 6.07) is 21.1. The number of hydrogen-bond donors (Lipinski definition) is 1. The largest absolute Gasteiger partial charge is 0.497 e. The average molecular weight is 458 g/mol. The minimum Gasteiger partial charge on any atom is -0.497 e. The van der Waals surface area contributed by atoms with Crippen molar-refractivity contribution in [1.29, 1.82) is 0 Å². The summed E-state index contributed by atoms with van der Waals surface area (Å²) in [5.74, 6) is -0.155. The molecule has 1 atom stereocenters. The molecule has 0 radical (unpaired) electrons. The first-order valence-corrected chi connectivity index (χ1v) is 11.0. The molecular weight excluding hydrogens is 433 g/mol. The quantitative estimate of drug-likeness (QED) is 0.472. The van der Waals surface area contributed by atoms with Crippen LogP contribution in [0.25, 0.3) is 10.9 Å². The minimum atomic E-state index is -0.417. The molecule has 4 aromatic rings. The number of benzene rings is 3. The van der Waals surface area contributed by atoms with E-state index in [0.29, 0.717) is 17.0 Å². The molecule has 1 aliphatic rings. The van der Waals surface area contributed by atoms with E-state index in [1.807, 2.05) is 60.1 Å². The molecule has 172 valence electrons. The van der Waals surface area contributed by atoms with Crippen molar-refractivity contribution < 1.29 is 18.7 Å². The van der Waals surface area contributed by atoms with Gasteiger partial charge in [-0.25, -0.2) is 4.39 Å². The van der Waals surface area contributed by atoms with Crippen molar-refractivity contribution in [3.8, 4) is 5.75 Å². The summed E-state index contributed by atoms with van der Waals surface area (Å²) in [5.41, 5.74) is 3.99. The molecule has 1 aromatic heterocycles. The third kappa shape index (κ3) is 3.69. The second-order valence-electron chi connectivity index (χ2n) is 8.35. The Kier molecular flexibility index (Phi) is 5.53. The van der Waals surface area contributed by atoms with Crippen molar-refractivity contribution in [3.63, 3.8) is 0 Å². The number of hydrogen-bond acceptors (Lipinski definition) is 3. The summed E-state index contributed by atoms with van der Waals surface area (Å²) < 4.78 is 20.7. The fourth-order valence-corrected chi connectivity index (χ4v) is 4.72. The van der Waals surface area contributed by atoms with Crippen LogP contribution >= 0.6 is 0 Å². The number of rotatable bonds is 6. The zero-order valence-electron chi connectivity index (χ0n) is 18.9. The third-order valence-corrected chi connectivity index (χ3v) is 6.32.